The summed E-state index contributed by atoms with van der Waals surface area (Å²) in [7, 11) is -1.49. The van der Waals surface area contributed by atoms with E-state index in [9.17, 15) is 0 Å². The summed E-state index contributed by atoms with van der Waals surface area (Å²) in [6, 6.07) is 59.5. The molecule has 8 aromatic rings. The Kier molecular flexibility index (Phi) is 9.65. The van der Waals surface area contributed by atoms with E-state index < -0.39 is 8.07 Å². The molecule has 0 spiro atoms. The van der Waals surface area contributed by atoms with Gasteiger partial charge in [-0.05, 0) is 111 Å². The smallest absolute Gasteiger partial charge is 0.0775 e. The van der Waals surface area contributed by atoms with Gasteiger partial charge in [0.15, 0.2) is 0 Å². The van der Waals surface area contributed by atoms with Gasteiger partial charge in [-0.2, -0.15) is 0 Å². The van der Waals surface area contributed by atoms with Gasteiger partial charge in [-0.25, -0.2) is 0 Å². The maximum absolute atomic E-state index is 2.47. The molecule has 3 heteroatoms. The predicted octanol–water partition coefficient (Wildman–Crippen LogP) is 15.5. The molecule has 0 amide bonds. The van der Waals surface area contributed by atoms with Gasteiger partial charge in [0, 0.05) is 33.5 Å². The SMILES string of the molecule is Cc1ccc(N(c2ccc(C(C)(C)C)cc2)c2cc3c4ccccc4c(N(c4ccc(C(C)(C)C)cc4)c4ccc([Si](C)(C)C)cc4)cc3c3ccccc23)cc1. The van der Waals surface area contributed by atoms with Crippen molar-refractivity contribution in [1.82, 2.24) is 0 Å². The Labute approximate surface area is 341 Å². The second kappa shape index (κ2) is 14.4. The minimum absolute atomic E-state index is 0.0652. The Morgan fingerprint density at radius 3 is 1.02 bits per heavy atom. The molecular weight excluding hydrogens is 705 g/mol. The summed E-state index contributed by atoms with van der Waals surface area (Å²) in [4.78, 5) is 4.92. The molecule has 0 aliphatic heterocycles. The molecule has 0 saturated carbocycles. The van der Waals surface area contributed by atoms with Gasteiger partial charge in [-0.3, -0.25) is 0 Å². The van der Waals surface area contributed by atoms with Crippen LogP contribution in [-0.4, -0.2) is 8.07 Å². The number of hydrogen-bond acceptors (Lipinski definition) is 2. The van der Waals surface area contributed by atoms with Crippen molar-refractivity contribution in [3.05, 3.63) is 174 Å². The molecule has 0 unspecified atom stereocenters. The fourth-order valence-corrected chi connectivity index (χ4v) is 9.33. The highest BCUT2D eigenvalue weighted by Gasteiger charge is 2.24. The molecule has 0 aliphatic rings. The summed E-state index contributed by atoms with van der Waals surface area (Å²) < 4.78 is 0. The standard InChI is InChI=1S/C54H56N2Si/c1-37-19-25-40(26-20-37)55(41-27-21-38(22-28-41)53(2,3)4)51-35-49-46-16-12-14-18-48(46)52(36-50(49)45-15-11-13-17-47(45)51)56(42-29-23-39(24-30-42)54(5,6)7)43-31-33-44(34-32-43)57(8,9)10/h11-36H,1-10H3. The van der Waals surface area contributed by atoms with Crippen LogP contribution in [0.25, 0.3) is 32.3 Å². The summed E-state index contributed by atoms with van der Waals surface area (Å²) in [6.45, 7) is 23.1. The van der Waals surface area contributed by atoms with Crippen molar-refractivity contribution >= 4 is 79.7 Å². The first-order chi connectivity index (χ1) is 27.1. The van der Waals surface area contributed by atoms with E-state index in [0.29, 0.717) is 0 Å². The van der Waals surface area contributed by atoms with Crippen LogP contribution >= 0.6 is 0 Å². The summed E-state index contributed by atoms with van der Waals surface area (Å²) in [5, 5.41) is 8.84. The van der Waals surface area contributed by atoms with E-state index in [1.54, 1.807) is 0 Å². The van der Waals surface area contributed by atoms with Crippen LogP contribution in [0.4, 0.5) is 34.1 Å². The van der Waals surface area contributed by atoms with E-state index in [0.717, 1.165) is 22.7 Å². The number of benzene rings is 8. The molecule has 2 nitrogen and oxygen atoms in total. The Hall–Kier alpha value is -5.64. The van der Waals surface area contributed by atoms with Crippen LogP contribution < -0.4 is 15.0 Å². The molecule has 0 radical (unpaired) electrons. The zero-order chi connectivity index (χ0) is 40.3. The van der Waals surface area contributed by atoms with E-state index in [1.807, 2.05) is 0 Å². The quantitative estimate of drug-likeness (QED) is 0.118. The molecule has 57 heavy (non-hydrogen) atoms. The van der Waals surface area contributed by atoms with Crippen LogP contribution in [0.5, 0.6) is 0 Å². The molecule has 0 aromatic heterocycles. The topological polar surface area (TPSA) is 6.48 Å². The molecule has 8 aromatic carbocycles. The van der Waals surface area contributed by atoms with Crippen molar-refractivity contribution in [2.24, 2.45) is 0 Å². The van der Waals surface area contributed by atoms with Gasteiger partial charge in [0.1, 0.15) is 0 Å². The van der Waals surface area contributed by atoms with Gasteiger partial charge in [-0.1, -0.05) is 169 Å². The highest BCUT2D eigenvalue weighted by Crippen LogP contribution is 2.48. The van der Waals surface area contributed by atoms with Crippen molar-refractivity contribution < 1.29 is 0 Å². The first-order valence-corrected chi connectivity index (χ1v) is 23.9. The molecule has 286 valence electrons. The van der Waals surface area contributed by atoms with Crippen molar-refractivity contribution in [3.63, 3.8) is 0 Å². The highest BCUT2D eigenvalue weighted by molar-refractivity contribution is 6.88. The van der Waals surface area contributed by atoms with Crippen LogP contribution in [0.15, 0.2) is 158 Å². The minimum atomic E-state index is -1.49. The van der Waals surface area contributed by atoms with E-state index in [4.69, 9.17) is 0 Å². The van der Waals surface area contributed by atoms with Crippen molar-refractivity contribution in [2.45, 2.75) is 78.9 Å². The lowest BCUT2D eigenvalue weighted by atomic mass is 9.87. The minimum Gasteiger partial charge on any atom is -0.310 e. The Morgan fingerprint density at radius 1 is 0.368 bits per heavy atom. The monoisotopic (exact) mass is 760 g/mol. The number of hydrogen-bond donors (Lipinski definition) is 0. The van der Waals surface area contributed by atoms with Crippen LogP contribution in [-0.2, 0) is 10.8 Å². The normalized spacial score (nSPS) is 12.4. The second-order valence-electron chi connectivity index (χ2n) is 18.9. The molecule has 0 bridgehead atoms. The highest BCUT2D eigenvalue weighted by atomic mass is 28.3. The van der Waals surface area contributed by atoms with Crippen LogP contribution in [0.2, 0.25) is 19.6 Å². The van der Waals surface area contributed by atoms with Gasteiger partial charge in [-0.15, -0.1) is 0 Å². The first kappa shape index (κ1) is 38.2. The van der Waals surface area contributed by atoms with Crippen LogP contribution in [0.1, 0.15) is 58.2 Å². The van der Waals surface area contributed by atoms with E-state index in [1.165, 1.54) is 65.6 Å². The van der Waals surface area contributed by atoms with Gasteiger partial charge < -0.3 is 9.80 Å². The number of aryl methyl sites for hydroxylation is 1. The molecule has 0 aliphatic carbocycles. The van der Waals surface area contributed by atoms with E-state index in [2.05, 4.69) is 236 Å². The third-order valence-electron chi connectivity index (χ3n) is 11.6. The Bertz CT molecular complexity index is 2650. The lowest BCUT2D eigenvalue weighted by molar-refractivity contribution is 0.590. The van der Waals surface area contributed by atoms with Crippen molar-refractivity contribution in [2.75, 3.05) is 9.80 Å². The molecule has 0 heterocycles. The average molecular weight is 761 g/mol. The number of nitrogens with zero attached hydrogens (tertiary/aromatic N) is 2. The van der Waals surface area contributed by atoms with Gasteiger partial charge in [0.05, 0.1) is 19.4 Å². The maximum atomic E-state index is 2.47. The molecule has 8 rings (SSSR count). The lowest BCUT2D eigenvalue weighted by Crippen LogP contribution is -2.37. The summed E-state index contributed by atoms with van der Waals surface area (Å²) >= 11 is 0. The predicted molar refractivity (Wildman–Crippen MR) is 253 cm³/mol. The molecule has 0 atom stereocenters. The number of anilines is 6. The van der Waals surface area contributed by atoms with Gasteiger partial charge >= 0.3 is 0 Å². The third-order valence-corrected chi connectivity index (χ3v) is 13.7. The number of rotatable bonds is 7. The van der Waals surface area contributed by atoms with Gasteiger partial charge in [0.25, 0.3) is 0 Å². The average Bonchev–Trinajstić information content (AvgIpc) is 3.18. The Morgan fingerprint density at radius 2 is 0.684 bits per heavy atom. The zero-order valence-electron chi connectivity index (χ0n) is 35.4. The van der Waals surface area contributed by atoms with Gasteiger partial charge in [0.2, 0.25) is 0 Å². The second-order valence-corrected chi connectivity index (χ2v) is 24.0. The zero-order valence-corrected chi connectivity index (χ0v) is 36.4. The number of fused-ring (bicyclic) bond motifs is 5. The van der Waals surface area contributed by atoms with E-state index >= 15 is 0 Å². The lowest BCUT2D eigenvalue weighted by Gasteiger charge is -2.31. The Balaban J connectivity index is 1.41. The first-order valence-electron chi connectivity index (χ1n) is 20.4. The fraction of sp³-hybridized carbons (Fsp3) is 0.222. The largest absolute Gasteiger partial charge is 0.310 e. The molecule has 0 N–H and O–H groups in total. The molecule has 0 fully saturated rings. The molecular formula is C54H56N2Si. The van der Waals surface area contributed by atoms with Crippen molar-refractivity contribution in [3.8, 4) is 0 Å². The van der Waals surface area contributed by atoms with Crippen LogP contribution in [0, 0.1) is 6.92 Å². The molecule has 0 saturated heterocycles. The van der Waals surface area contributed by atoms with Crippen molar-refractivity contribution in [1.29, 1.82) is 0 Å². The third kappa shape index (κ3) is 7.38. The fourth-order valence-electron chi connectivity index (χ4n) is 8.16. The summed E-state index contributed by atoms with van der Waals surface area (Å²) in [5.41, 5.74) is 11.0. The summed E-state index contributed by atoms with van der Waals surface area (Å²) in [5.74, 6) is 0. The van der Waals surface area contributed by atoms with E-state index in [-0.39, 0.29) is 10.8 Å². The maximum Gasteiger partial charge on any atom is 0.0775 e. The van der Waals surface area contributed by atoms with Crippen LogP contribution in [0.3, 0.4) is 0 Å². The summed E-state index contributed by atoms with van der Waals surface area (Å²) in [6.07, 6.45) is 0.